The van der Waals surface area contributed by atoms with E-state index in [1.54, 1.807) is 30.3 Å². The van der Waals surface area contributed by atoms with E-state index in [-0.39, 0.29) is 28.3 Å². The van der Waals surface area contributed by atoms with Gasteiger partial charge in [-0.3, -0.25) is 9.36 Å². The Morgan fingerprint density at radius 2 is 1.94 bits per heavy atom. The topological polar surface area (TPSA) is 106 Å². The van der Waals surface area contributed by atoms with Crippen molar-refractivity contribution in [2.24, 2.45) is 5.92 Å². The molecule has 178 valence electrons. The van der Waals surface area contributed by atoms with E-state index in [2.05, 4.69) is 0 Å². The van der Waals surface area contributed by atoms with Crippen molar-refractivity contribution in [2.75, 3.05) is 20.1 Å². The number of amides is 1. The molecular weight excluding hydrogens is 446 g/mol. The number of benzene rings is 1. The molecule has 0 spiro atoms. The minimum atomic E-state index is -3.73. The third-order valence-electron chi connectivity index (χ3n) is 6.17. The number of piperidine rings is 1. The van der Waals surface area contributed by atoms with Crippen LogP contribution in [0.2, 0.25) is 0 Å². The molecule has 3 aromatic rings. The smallest absolute Gasteiger partial charge is 0.420 e. The molecule has 0 saturated carbocycles. The van der Waals surface area contributed by atoms with Crippen LogP contribution in [-0.2, 0) is 21.4 Å². The molecule has 0 N–H and O–H groups in total. The lowest BCUT2D eigenvalue weighted by atomic mass is 9.94. The van der Waals surface area contributed by atoms with Crippen molar-refractivity contribution in [1.29, 1.82) is 0 Å². The number of sulfonamides is 1. The summed E-state index contributed by atoms with van der Waals surface area (Å²) in [6.45, 7) is 4.83. The Morgan fingerprint density at radius 3 is 2.58 bits per heavy atom. The van der Waals surface area contributed by atoms with Gasteiger partial charge in [-0.2, -0.15) is 4.31 Å². The summed E-state index contributed by atoms with van der Waals surface area (Å²) in [6, 6.07) is 8.08. The predicted molar refractivity (Wildman–Crippen MR) is 122 cm³/mol. The second kappa shape index (κ2) is 9.18. The molecule has 0 atom stereocenters. The average Bonchev–Trinajstić information content (AvgIpc) is 3.39. The lowest BCUT2D eigenvalue weighted by molar-refractivity contribution is -0.131. The van der Waals surface area contributed by atoms with Crippen molar-refractivity contribution >= 4 is 27.0 Å². The van der Waals surface area contributed by atoms with E-state index in [1.807, 2.05) is 19.9 Å². The molecule has 1 aliphatic rings. The average molecular weight is 476 g/mol. The molecular formula is C23H29N3O6S. The molecule has 1 amide bonds. The van der Waals surface area contributed by atoms with E-state index in [4.69, 9.17) is 8.83 Å². The van der Waals surface area contributed by atoms with Crippen LogP contribution in [0.1, 0.15) is 44.9 Å². The number of aromatic nitrogens is 1. The minimum Gasteiger partial charge on any atom is -0.467 e. The van der Waals surface area contributed by atoms with Crippen LogP contribution in [0.15, 0.2) is 55.1 Å². The summed E-state index contributed by atoms with van der Waals surface area (Å²) in [6.07, 6.45) is 3.18. The van der Waals surface area contributed by atoms with Crippen LogP contribution in [0, 0.1) is 5.92 Å². The molecule has 9 nitrogen and oxygen atoms in total. The fourth-order valence-electron chi connectivity index (χ4n) is 4.30. The Hall–Kier alpha value is -2.85. The Kier molecular flexibility index (Phi) is 6.49. The van der Waals surface area contributed by atoms with E-state index in [0.29, 0.717) is 44.4 Å². The number of rotatable bonds is 7. The van der Waals surface area contributed by atoms with Crippen LogP contribution >= 0.6 is 0 Å². The summed E-state index contributed by atoms with van der Waals surface area (Å²) < 4.78 is 39.9. The maximum Gasteiger partial charge on any atom is 0.420 e. The summed E-state index contributed by atoms with van der Waals surface area (Å²) in [7, 11) is -1.98. The quantitative estimate of drug-likeness (QED) is 0.519. The highest BCUT2D eigenvalue weighted by atomic mass is 32.2. The molecule has 0 unspecified atom stereocenters. The maximum absolute atomic E-state index is 13.2. The van der Waals surface area contributed by atoms with Crippen LogP contribution in [0.5, 0.6) is 0 Å². The van der Waals surface area contributed by atoms with E-state index in [1.165, 1.54) is 21.0 Å². The van der Waals surface area contributed by atoms with Gasteiger partial charge in [0.1, 0.15) is 5.76 Å². The van der Waals surface area contributed by atoms with E-state index < -0.39 is 15.8 Å². The zero-order valence-corrected chi connectivity index (χ0v) is 19.9. The van der Waals surface area contributed by atoms with Crippen LogP contribution in [0.3, 0.4) is 0 Å². The number of oxazole rings is 1. The van der Waals surface area contributed by atoms with Gasteiger partial charge >= 0.3 is 5.76 Å². The first kappa shape index (κ1) is 23.3. The molecule has 33 heavy (non-hydrogen) atoms. The maximum atomic E-state index is 13.2. The van der Waals surface area contributed by atoms with Crippen LogP contribution in [-0.4, -0.2) is 48.2 Å². The van der Waals surface area contributed by atoms with Gasteiger partial charge in [0, 0.05) is 38.7 Å². The molecule has 0 aliphatic carbocycles. The third kappa shape index (κ3) is 4.77. The molecule has 1 aliphatic heterocycles. The van der Waals surface area contributed by atoms with Gasteiger partial charge in [0.15, 0.2) is 5.58 Å². The van der Waals surface area contributed by atoms with Gasteiger partial charge in [-0.05, 0) is 56.9 Å². The van der Waals surface area contributed by atoms with Crippen LogP contribution in [0.4, 0.5) is 0 Å². The summed E-state index contributed by atoms with van der Waals surface area (Å²) in [5.74, 6) is 0.367. The van der Waals surface area contributed by atoms with E-state index >= 15 is 0 Å². The van der Waals surface area contributed by atoms with Gasteiger partial charge in [-0.1, -0.05) is 0 Å². The van der Waals surface area contributed by atoms with E-state index in [0.717, 1.165) is 5.76 Å². The SMILES string of the molecule is CC(C)n1c(=O)oc2cc(S(=O)(=O)N3CCC(CC(=O)N(C)Cc4ccco4)CC3)ccc21. The van der Waals surface area contributed by atoms with Gasteiger partial charge in [0.05, 0.1) is 23.2 Å². The lowest BCUT2D eigenvalue weighted by Gasteiger charge is -2.31. The van der Waals surface area contributed by atoms with Gasteiger partial charge in [0.25, 0.3) is 0 Å². The minimum absolute atomic E-state index is 0.0165. The molecule has 1 fully saturated rings. The summed E-state index contributed by atoms with van der Waals surface area (Å²) in [5, 5.41) is 0. The second-order valence-electron chi connectivity index (χ2n) is 8.84. The number of carbonyl (C=O) groups is 1. The lowest BCUT2D eigenvalue weighted by Crippen LogP contribution is -2.39. The first-order valence-electron chi connectivity index (χ1n) is 11.1. The Bertz CT molecular complexity index is 1280. The highest BCUT2D eigenvalue weighted by Gasteiger charge is 2.31. The van der Waals surface area contributed by atoms with Crippen molar-refractivity contribution in [2.45, 2.75) is 50.6 Å². The number of nitrogens with zero attached hydrogens (tertiary/aromatic N) is 3. The first-order valence-corrected chi connectivity index (χ1v) is 12.5. The van der Waals surface area contributed by atoms with Crippen molar-refractivity contribution in [3.63, 3.8) is 0 Å². The second-order valence-corrected chi connectivity index (χ2v) is 10.8. The summed E-state index contributed by atoms with van der Waals surface area (Å²) in [5.41, 5.74) is 0.833. The molecule has 1 saturated heterocycles. The first-order chi connectivity index (χ1) is 15.7. The Morgan fingerprint density at radius 1 is 1.21 bits per heavy atom. The molecule has 3 heterocycles. The molecule has 0 bridgehead atoms. The zero-order valence-electron chi connectivity index (χ0n) is 19.1. The number of fused-ring (bicyclic) bond motifs is 1. The van der Waals surface area contributed by atoms with Gasteiger partial charge in [-0.15, -0.1) is 0 Å². The van der Waals surface area contributed by atoms with Gasteiger partial charge < -0.3 is 13.7 Å². The standard InChI is InChI=1S/C23H29N3O6S/c1-16(2)26-20-7-6-19(14-21(20)32-23(26)28)33(29,30)25-10-8-17(9-11-25)13-22(27)24(3)15-18-5-4-12-31-18/h4-7,12,14,16-17H,8-11,13,15H2,1-3H3. The Labute approximate surface area is 192 Å². The Balaban J connectivity index is 1.39. The van der Waals surface area contributed by atoms with Crippen molar-refractivity contribution < 1.29 is 22.0 Å². The highest BCUT2D eigenvalue weighted by Crippen LogP contribution is 2.28. The normalized spacial score (nSPS) is 16.0. The van der Waals surface area contributed by atoms with Crippen molar-refractivity contribution in [3.8, 4) is 0 Å². The fourth-order valence-corrected chi connectivity index (χ4v) is 5.78. The van der Waals surface area contributed by atoms with Gasteiger partial charge in [-0.25, -0.2) is 13.2 Å². The third-order valence-corrected chi connectivity index (χ3v) is 8.07. The monoisotopic (exact) mass is 475 g/mol. The molecule has 2 aromatic heterocycles. The van der Waals surface area contributed by atoms with Gasteiger partial charge in [0.2, 0.25) is 15.9 Å². The largest absolute Gasteiger partial charge is 0.467 e. The number of hydrogen-bond donors (Lipinski definition) is 0. The van der Waals surface area contributed by atoms with Crippen molar-refractivity contribution in [1.82, 2.24) is 13.8 Å². The highest BCUT2D eigenvalue weighted by molar-refractivity contribution is 7.89. The molecule has 1 aromatic carbocycles. The van der Waals surface area contributed by atoms with Crippen molar-refractivity contribution in [3.05, 3.63) is 52.9 Å². The summed E-state index contributed by atoms with van der Waals surface area (Å²) >= 11 is 0. The molecule has 10 heteroatoms. The number of carbonyl (C=O) groups excluding carboxylic acids is 1. The summed E-state index contributed by atoms with van der Waals surface area (Å²) in [4.78, 5) is 26.4. The van der Waals surface area contributed by atoms with Crippen LogP contribution < -0.4 is 5.76 Å². The molecule has 0 radical (unpaired) electrons. The molecule has 4 rings (SSSR count). The van der Waals surface area contributed by atoms with E-state index in [9.17, 15) is 18.0 Å². The predicted octanol–water partition coefficient (Wildman–Crippen LogP) is 3.22. The number of furan rings is 1. The number of hydrogen-bond acceptors (Lipinski definition) is 6. The van der Waals surface area contributed by atoms with Crippen LogP contribution in [0.25, 0.3) is 11.1 Å². The fraction of sp³-hybridized carbons (Fsp3) is 0.478. The zero-order chi connectivity index (χ0) is 23.8.